The van der Waals surface area contributed by atoms with E-state index in [9.17, 15) is 9.59 Å². The third-order valence-corrected chi connectivity index (χ3v) is 8.88. The quantitative estimate of drug-likeness (QED) is 0.0534. The summed E-state index contributed by atoms with van der Waals surface area (Å²) in [5.41, 5.74) is 0. The van der Waals surface area contributed by atoms with Crippen LogP contribution in [0.4, 0.5) is 0 Å². The Labute approximate surface area is 294 Å². The van der Waals surface area contributed by atoms with Crippen LogP contribution >= 0.6 is 0 Å². The lowest BCUT2D eigenvalue weighted by Crippen LogP contribution is -2.28. The average molecular weight is 672 g/mol. The number of aliphatic hydroxyl groups is 1. The number of aliphatic hydroxyl groups excluding tert-OH is 1. The van der Waals surface area contributed by atoms with Crippen LogP contribution in [0.1, 0.15) is 188 Å². The highest BCUT2D eigenvalue weighted by molar-refractivity contribution is 5.53. The molecule has 47 heavy (non-hydrogen) atoms. The minimum Gasteiger partial charge on any atom is -0.396 e. The van der Waals surface area contributed by atoms with E-state index >= 15 is 0 Å². The molecule has 0 saturated carbocycles. The maximum atomic E-state index is 10.7. The molecule has 2 atom stereocenters. The van der Waals surface area contributed by atoms with Gasteiger partial charge in [0.25, 0.3) is 0 Å². The van der Waals surface area contributed by atoms with Gasteiger partial charge in [0.15, 0.2) is 0 Å². The molecule has 0 bridgehead atoms. The Morgan fingerprint density at radius 3 is 1.15 bits per heavy atom. The van der Waals surface area contributed by atoms with Crippen LogP contribution in [0.5, 0.6) is 0 Å². The SMILES string of the molecule is CCCCCCC(C=O)CCCC.CCCCCCC(C=O)CCCC.COCCCCCCN(CCCO)CCCCCCOC. The zero-order valence-corrected chi connectivity index (χ0v) is 32.8. The molecular formula is C41H85NO5. The first kappa shape index (κ1) is 50.6. The number of hydrogen-bond donors (Lipinski definition) is 1. The Kier molecular flexibility index (Phi) is 50.9. The van der Waals surface area contributed by atoms with Gasteiger partial charge in [-0.2, -0.15) is 0 Å². The van der Waals surface area contributed by atoms with Crippen molar-refractivity contribution in [3.8, 4) is 0 Å². The fraction of sp³-hybridized carbons (Fsp3) is 0.951. The number of carbonyl (C=O) groups excluding carboxylic acids is 2. The van der Waals surface area contributed by atoms with Gasteiger partial charge in [0.2, 0.25) is 0 Å². The van der Waals surface area contributed by atoms with Crippen molar-refractivity contribution in [1.82, 2.24) is 4.90 Å². The molecule has 6 heteroatoms. The van der Waals surface area contributed by atoms with Crippen molar-refractivity contribution in [2.24, 2.45) is 11.8 Å². The topological polar surface area (TPSA) is 76.1 Å². The molecule has 0 fully saturated rings. The molecular weight excluding hydrogens is 586 g/mol. The van der Waals surface area contributed by atoms with Crippen LogP contribution in [-0.2, 0) is 19.1 Å². The van der Waals surface area contributed by atoms with Crippen LogP contribution in [0, 0.1) is 11.8 Å². The van der Waals surface area contributed by atoms with E-state index in [1.165, 1.54) is 142 Å². The zero-order chi connectivity index (χ0) is 35.5. The van der Waals surface area contributed by atoms with Gasteiger partial charge < -0.3 is 29.1 Å². The van der Waals surface area contributed by atoms with Crippen LogP contribution in [0.15, 0.2) is 0 Å². The van der Waals surface area contributed by atoms with E-state index in [-0.39, 0.29) is 0 Å². The molecule has 0 aliphatic heterocycles. The number of hydrogen-bond acceptors (Lipinski definition) is 6. The van der Waals surface area contributed by atoms with Crippen LogP contribution in [0.3, 0.4) is 0 Å². The molecule has 0 aliphatic rings. The summed E-state index contributed by atoms with van der Waals surface area (Å²) in [6.45, 7) is 14.2. The molecule has 0 amide bonds. The number of nitrogens with zero attached hydrogens (tertiary/aromatic N) is 1. The van der Waals surface area contributed by atoms with Crippen molar-refractivity contribution >= 4 is 12.6 Å². The monoisotopic (exact) mass is 672 g/mol. The van der Waals surface area contributed by atoms with Crippen molar-refractivity contribution in [2.75, 3.05) is 53.7 Å². The van der Waals surface area contributed by atoms with Crippen molar-refractivity contribution in [1.29, 1.82) is 0 Å². The summed E-state index contributed by atoms with van der Waals surface area (Å²) in [5.74, 6) is 0.689. The van der Waals surface area contributed by atoms with E-state index < -0.39 is 0 Å². The maximum Gasteiger partial charge on any atom is 0.123 e. The zero-order valence-electron chi connectivity index (χ0n) is 32.8. The van der Waals surface area contributed by atoms with E-state index in [1.54, 1.807) is 14.2 Å². The lowest BCUT2D eigenvalue weighted by molar-refractivity contribution is -0.112. The van der Waals surface area contributed by atoms with Gasteiger partial charge in [-0.3, -0.25) is 0 Å². The number of carbonyl (C=O) groups is 2. The smallest absolute Gasteiger partial charge is 0.123 e. The van der Waals surface area contributed by atoms with E-state index in [0.29, 0.717) is 18.4 Å². The molecule has 0 aliphatic carbocycles. The molecule has 0 aromatic carbocycles. The third-order valence-electron chi connectivity index (χ3n) is 8.88. The molecule has 1 N–H and O–H groups in total. The first-order valence-electron chi connectivity index (χ1n) is 20.3. The molecule has 0 saturated heterocycles. The highest BCUT2D eigenvalue weighted by Gasteiger charge is 2.07. The Morgan fingerprint density at radius 2 is 0.809 bits per heavy atom. The highest BCUT2D eigenvalue weighted by Crippen LogP contribution is 2.16. The second-order valence-corrected chi connectivity index (χ2v) is 13.5. The fourth-order valence-electron chi connectivity index (χ4n) is 5.66. The summed E-state index contributed by atoms with van der Waals surface area (Å²) in [7, 11) is 3.53. The maximum absolute atomic E-state index is 10.7. The normalized spacial score (nSPS) is 12.2. The molecule has 0 radical (unpaired) electrons. The van der Waals surface area contributed by atoms with Crippen LogP contribution < -0.4 is 0 Å². The number of ether oxygens (including phenoxy) is 2. The number of methoxy groups -OCH3 is 2. The van der Waals surface area contributed by atoms with E-state index in [1.807, 2.05) is 0 Å². The standard InChI is InChI=1S/C17H37NO3.2C12H24O/c1-20-16-9-5-3-7-12-18(14-11-15-19)13-8-4-6-10-17-21-2;2*1-3-5-7-8-10-12(11-13)9-6-4-2/h19H,3-17H2,1-2H3;2*11-12H,3-10H2,1-2H3. The molecule has 0 aromatic heterocycles. The highest BCUT2D eigenvalue weighted by atomic mass is 16.5. The van der Waals surface area contributed by atoms with Crippen LogP contribution in [-0.4, -0.2) is 76.3 Å². The largest absolute Gasteiger partial charge is 0.396 e. The summed E-state index contributed by atoms with van der Waals surface area (Å²) in [5, 5.41) is 9.00. The molecule has 0 rings (SSSR count). The van der Waals surface area contributed by atoms with Crippen molar-refractivity contribution in [3.05, 3.63) is 0 Å². The van der Waals surface area contributed by atoms with Gasteiger partial charge in [-0.1, -0.05) is 130 Å². The Hall–Kier alpha value is -0.820. The minimum absolute atomic E-state index is 0.304. The predicted molar refractivity (Wildman–Crippen MR) is 205 cm³/mol. The Bertz CT molecular complexity index is 518. The van der Waals surface area contributed by atoms with E-state index in [2.05, 4.69) is 32.6 Å². The van der Waals surface area contributed by atoms with E-state index in [4.69, 9.17) is 14.6 Å². The first-order valence-corrected chi connectivity index (χ1v) is 20.3. The van der Waals surface area contributed by atoms with Crippen molar-refractivity contribution in [2.45, 2.75) is 188 Å². The van der Waals surface area contributed by atoms with Gasteiger partial charge in [0.05, 0.1) is 0 Å². The predicted octanol–water partition coefficient (Wildman–Crippen LogP) is 11.0. The first-order chi connectivity index (χ1) is 23.0. The molecule has 0 heterocycles. The summed E-state index contributed by atoms with van der Waals surface area (Å²) in [4.78, 5) is 23.9. The Balaban J connectivity index is -0.000000649. The second-order valence-electron chi connectivity index (χ2n) is 13.5. The van der Waals surface area contributed by atoms with Crippen LogP contribution in [0.2, 0.25) is 0 Å². The average Bonchev–Trinajstić information content (AvgIpc) is 3.09. The molecule has 6 nitrogen and oxygen atoms in total. The third kappa shape index (κ3) is 45.2. The van der Waals surface area contributed by atoms with Crippen LogP contribution in [0.25, 0.3) is 0 Å². The van der Waals surface area contributed by atoms with Gasteiger partial charge in [0, 0.05) is 52.4 Å². The summed E-state index contributed by atoms with van der Waals surface area (Å²) >= 11 is 0. The molecule has 0 aromatic rings. The number of unbranched alkanes of at least 4 members (excludes halogenated alkanes) is 14. The Morgan fingerprint density at radius 1 is 0.468 bits per heavy atom. The second kappa shape index (κ2) is 47.3. The molecule has 2 unspecified atom stereocenters. The summed E-state index contributed by atoms with van der Waals surface area (Å²) in [6, 6.07) is 0. The van der Waals surface area contributed by atoms with Gasteiger partial charge in [-0.15, -0.1) is 0 Å². The van der Waals surface area contributed by atoms with Gasteiger partial charge in [-0.05, 0) is 70.9 Å². The lowest BCUT2D eigenvalue weighted by atomic mass is 9.97. The fourth-order valence-corrected chi connectivity index (χ4v) is 5.66. The number of aldehydes is 2. The lowest BCUT2D eigenvalue weighted by Gasteiger charge is -2.22. The van der Waals surface area contributed by atoms with Gasteiger partial charge in [0.1, 0.15) is 12.6 Å². The molecule has 0 spiro atoms. The van der Waals surface area contributed by atoms with Gasteiger partial charge in [-0.25, -0.2) is 0 Å². The van der Waals surface area contributed by atoms with Gasteiger partial charge >= 0.3 is 0 Å². The van der Waals surface area contributed by atoms with Crippen molar-refractivity contribution in [3.63, 3.8) is 0 Å². The number of rotatable bonds is 35. The summed E-state index contributed by atoms with van der Waals surface area (Å²) < 4.78 is 10.1. The van der Waals surface area contributed by atoms with E-state index in [0.717, 1.165) is 64.4 Å². The van der Waals surface area contributed by atoms with Crippen molar-refractivity contribution < 1.29 is 24.2 Å². The summed E-state index contributed by atoms with van der Waals surface area (Å²) in [6.07, 6.45) is 32.7. The molecule has 284 valence electrons. The minimum atomic E-state index is 0.304.